The third-order valence-electron chi connectivity index (χ3n) is 1.77. The second-order valence-corrected chi connectivity index (χ2v) is 4.38. The predicted octanol–water partition coefficient (Wildman–Crippen LogP) is 2.05. The molecule has 16 heavy (non-hydrogen) atoms. The molecule has 1 aromatic rings. The normalized spacial score (nSPS) is 13.2. The zero-order chi connectivity index (χ0) is 12.2. The highest BCUT2D eigenvalue weighted by Crippen LogP contribution is 2.14. The second kappa shape index (κ2) is 4.96. The zero-order valence-corrected chi connectivity index (χ0v) is 9.98. The number of nitrogens with zero attached hydrogens (tertiary/aromatic N) is 2. The summed E-state index contributed by atoms with van der Waals surface area (Å²) in [6.07, 6.45) is 1.40. The van der Waals surface area contributed by atoms with Crippen molar-refractivity contribution in [2.24, 2.45) is 0 Å². The molecule has 0 aliphatic carbocycles. The van der Waals surface area contributed by atoms with Crippen LogP contribution in [0.15, 0.2) is 10.8 Å². The largest absolute Gasteiger partial charge is 0.444 e. The molecule has 1 rings (SSSR count). The maximum atomic E-state index is 11.5. The highest BCUT2D eigenvalue weighted by molar-refractivity contribution is 5.68. The minimum atomic E-state index is -0.517. The number of carbonyl (C=O) groups excluding carboxylic acids is 1. The number of ether oxygens (including phenoxy) is 1. The van der Waals surface area contributed by atoms with Gasteiger partial charge in [-0.2, -0.15) is 0 Å². The molecule has 6 nitrogen and oxygen atoms in total. The molecular weight excluding hydrogens is 210 g/mol. The second-order valence-electron chi connectivity index (χ2n) is 4.38. The Hall–Kier alpha value is -1.59. The lowest BCUT2D eigenvalue weighted by atomic mass is 10.2. The fraction of sp³-hybridized carbons (Fsp3) is 0.700. The van der Waals surface area contributed by atoms with Crippen LogP contribution in [-0.4, -0.2) is 21.9 Å². The quantitative estimate of drug-likeness (QED) is 0.855. The first-order valence-corrected chi connectivity index (χ1v) is 5.18. The van der Waals surface area contributed by atoms with Crippen LogP contribution in [-0.2, 0) is 4.74 Å². The van der Waals surface area contributed by atoms with Gasteiger partial charge in [0.2, 0.25) is 12.3 Å². The van der Waals surface area contributed by atoms with Gasteiger partial charge in [0.15, 0.2) is 0 Å². The molecule has 0 fully saturated rings. The van der Waals surface area contributed by atoms with E-state index in [2.05, 4.69) is 15.5 Å². The monoisotopic (exact) mass is 227 g/mol. The molecule has 1 N–H and O–H groups in total. The van der Waals surface area contributed by atoms with Crippen molar-refractivity contribution in [1.82, 2.24) is 15.5 Å². The maximum absolute atomic E-state index is 11.5. The molecule has 1 aromatic heterocycles. The van der Waals surface area contributed by atoms with E-state index >= 15 is 0 Å². The minimum absolute atomic E-state index is 0.308. The third kappa shape index (κ3) is 3.88. The molecule has 90 valence electrons. The van der Waals surface area contributed by atoms with Crippen LogP contribution < -0.4 is 5.32 Å². The predicted molar refractivity (Wildman–Crippen MR) is 56.7 cm³/mol. The Kier molecular flexibility index (Phi) is 3.87. The van der Waals surface area contributed by atoms with Crippen molar-refractivity contribution in [3.8, 4) is 0 Å². The first-order chi connectivity index (χ1) is 7.42. The van der Waals surface area contributed by atoms with E-state index in [-0.39, 0.29) is 6.04 Å². The number of aromatic nitrogens is 2. The van der Waals surface area contributed by atoms with Gasteiger partial charge in [0.25, 0.3) is 0 Å². The maximum Gasteiger partial charge on any atom is 0.408 e. The van der Waals surface area contributed by atoms with Gasteiger partial charge in [-0.05, 0) is 27.2 Å². The molecule has 6 heteroatoms. The standard InChI is InChI=1S/C10H17N3O3/c1-5-7(8-13-11-6-15-8)12-9(14)16-10(2,3)4/h6-7H,5H2,1-4H3,(H,12,14). The van der Waals surface area contributed by atoms with Gasteiger partial charge in [0.05, 0.1) is 0 Å². The highest BCUT2D eigenvalue weighted by Gasteiger charge is 2.21. The van der Waals surface area contributed by atoms with E-state index in [0.717, 1.165) is 0 Å². The number of nitrogens with one attached hydrogen (secondary N) is 1. The summed E-state index contributed by atoms with van der Waals surface area (Å²) < 4.78 is 10.2. The van der Waals surface area contributed by atoms with Crippen molar-refractivity contribution in [2.45, 2.75) is 45.8 Å². The number of amides is 1. The average molecular weight is 227 g/mol. The molecule has 0 aromatic carbocycles. The summed E-state index contributed by atoms with van der Waals surface area (Å²) in [5.41, 5.74) is -0.517. The van der Waals surface area contributed by atoms with Gasteiger partial charge < -0.3 is 14.5 Å². The van der Waals surface area contributed by atoms with Crippen molar-refractivity contribution in [3.63, 3.8) is 0 Å². The Balaban J connectivity index is 2.55. The van der Waals surface area contributed by atoms with Crippen LogP contribution in [0.2, 0.25) is 0 Å². The van der Waals surface area contributed by atoms with Crippen molar-refractivity contribution in [2.75, 3.05) is 0 Å². The average Bonchev–Trinajstić information content (AvgIpc) is 2.63. The van der Waals surface area contributed by atoms with E-state index in [1.165, 1.54) is 6.39 Å². The SMILES string of the molecule is CCC(NC(=O)OC(C)(C)C)c1nnco1. The number of alkyl carbamates (subject to hydrolysis) is 1. The van der Waals surface area contributed by atoms with Crippen molar-refractivity contribution >= 4 is 6.09 Å². The molecule has 1 atom stereocenters. The van der Waals surface area contributed by atoms with Gasteiger partial charge in [-0.1, -0.05) is 6.92 Å². The van der Waals surface area contributed by atoms with Gasteiger partial charge in [0, 0.05) is 0 Å². The molecule has 0 bridgehead atoms. The summed E-state index contributed by atoms with van der Waals surface area (Å²) in [6.45, 7) is 7.33. The fourth-order valence-electron chi connectivity index (χ4n) is 1.12. The first-order valence-electron chi connectivity index (χ1n) is 5.18. The van der Waals surface area contributed by atoms with E-state index in [0.29, 0.717) is 12.3 Å². The van der Waals surface area contributed by atoms with Crippen LogP contribution in [0.4, 0.5) is 4.79 Å². The number of hydrogen-bond donors (Lipinski definition) is 1. The molecule has 1 amide bonds. The number of rotatable bonds is 3. The summed E-state index contributed by atoms with van der Waals surface area (Å²) >= 11 is 0. The number of carbonyl (C=O) groups is 1. The Morgan fingerprint density at radius 2 is 2.31 bits per heavy atom. The Morgan fingerprint density at radius 3 is 2.75 bits per heavy atom. The molecule has 1 unspecified atom stereocenters. The number of hydrogen-bond acceptors (Lipinski definition) is 5. The summed E-state index contributed by atoms with van der Waals surface area (Å²) in [7, 11) is 0. The Labute approximate surface area is 94.4 Å². The van der Waals surface area contributed by atoms with Crippen molar-refractivity contribution in [3.05, 3.63) is 12.3 Å². The molecule has 0 radical (unpaired) electrons. The van der Waals surface area contributed by atoms with Crippen molar-refractivity contribution < 1.29 is 13.9 Å². The van der Waals surface area contributed by atoms with Crippen LogP contribution in [0, 0.1) is 0 Å². The van der Waals surface area contributed by atoms with Crippen LogP contribution in [0.3, 0.4) is 0 Å². The third-order valence-corrected chi connectivity index (χ3v) is 1.77. The smallest absolute Gasteiger partial charge is 0.408 e. The minimum Gasteiger partial charge on any atom is -0.444 e. The molecule has 0 spiro atoms. The van der Waals surface area contributed by atoms with E-state index in [9.17, 15) is 4.79 Å². The van der Waals surface area contributed by atoms with Gasteiger partial charge >= 0.3 is 6.09 Å². The molecule has 0 saturated carbocycles. The van der Waals surface area contributed by atoms with E-state index in [1.807, 2.05) is 6.92 Å². The van der Waals surface area contributed by atoms with Gasteiger partial charge in [0.1, 0.15) is 11.6 Å². The summed E-state index contributed by atoms with van der Waals surface area (Å²) in [5.74, 6) is 0.383. The Bertz CT molecular complexity index is 330. The molecule has 1 heterocycles. The van der Waals surface area contributed by atoms with Crippen LogP contribution in [0.5, 0.6) is 0 Å². The van der Waals surface area contributed by atoms with E-state index < -0.39 is 11.7 Å². The van der Waals surface area contributed by atoms with Crippen LogP contribution in [0.1, 0.15) is 46.0 Å². The Morgan fingerprint density at radius 1 is 1.62 bits per heavy atom. The summed E-state index contributed by atoms with van der Waals surface area (Å²) in [4.78, 5) is 11.5. The van der Waals surface area contributed by atoms with Gasteiger partial charge in [-0.25, -0.2) is 4.79 Å². The molecule has 0 aliphatic heterocycles. The lowest BCUT2D eigenvalue weighted by Gasteiger charge is -2.21. The lowest BCUT2D eigenvalue weighted by Crippen LogP contribution is -2.34. The van der Waals surface area contributed by atoms with Crippen molar-refractivity contribution in [1.29, 1.82) is 0 Å². The van der Waals surface area contributed by atoms with Gasteiger partial charge in [-0.3, -0.25) is 0 Å². The first kappa shape index (κ1) is 12.5. The molecular formula is C10H17N3O3. The van der Waals surface area contributed by atoms with E-state index in [1.54, 1.807) is 20.8 Å². The summed E-state index contributed by atoms with van der Waals surface area (Å²) in [5, 5.41) is 9.98. The van der Waals surface area contributed by atoms with E-state index in [4.69, 9.17) is 9.15 Å². The molecule has 0 aliphatic rings. The van der Waals surface area contributed by atoms with Crippen LogP contribution >= 0.6 is 0 Å². The zero-order valence-electron chi connectivity index (χ0n) is 9.98. The molecule has 0 saturated heterocycles. The van der Waals surface area contributed by atoms with Gasteiger partial charge in [-0.15, -0.1) is 10.2 Å². The highest BCUT2D eigenvalue weighted by atomic mass is 16.6. The topological polar surface area (TPSA) is 77.2 Å². The lowest BCUT2D eigenvalue weighted by molar-refractivity contribution is 0.0494. The van der Waals surface area contributed by atoms with Crippen LogP contribution in [0.25, 0.3) is 0 Å². The summed E-state index contributed by atoms with van der Waals surface area (Å²) in [6, 6.07) is -0.308. The fourth-order valence-corrected chi connectivity index (χ4v) is 1.12.